The molecule has 5 aliphatic rings. The van der Waals surface area contributed by atoms with E-state index in [-0.39, 0.29) is 38.4 Å². The van der Waals surface area contributed by atoms with Gasteiger partial charge in [0.25, 0.3) is 0 Å². The third kappa shape index (κ3) is 4.71. The molecule has 2 amide bonds. The number of rotatable bonds is 7. The molecular weight excluding hydrogens is 590 g/mol. The van der Waals surface area contributed by atoms with E-state index in [0.29, 0.717) is 35.1 Å². The van der Waals surface area contributed by atoms with Crippen LogP contribution in [0.2, 0.25) is 0 Å². The summed E-state index contributed by atoms with van der Waals surface area (Å²) in [6.07, 6.45) is 12.8. The standard InChI is InChI=1S/C43H65N3O2/c1-28(2)31-16-23-43(37(48)46(11)27-26-45(9)10)25-24-42(8)40(6)21-18-33-38(3,4)32(29-12-14-30(15-13-29)36(44)47)17-20-39(33,5)34(40)19-22-41(42,7)35(31)43/h12-15,17,31,33-35H,1,16,18-27H2,2-11H3,(H2,44,47)/t31-,33-,34+,35+,39-,40+,41+,42-,43-/m0/s1. The van der Waals surface area contributed by atoms with Crippen molar-refractivity contribution in [3.63, 3.8) is 0 Å². The quantitative estimate of drug-likeness (QED) is 0.299. The van der Waals surface area contributed by atoms with Crippen molar-refractivity contribution in [1.29, 1.82) is 0 Å². The lowest BCUT2D eigenvalue weighted by Crippen LogP contribution is -2.70. The van der Waals surface area contributed by atoms with Gasteiger partial charge in [-0.1, -0.05) is 71.9 Å². The Hall–Kier alpha value is -2.40. The van der Waals surface area contributed by atoms with Gasteiger partial charge < -0.3 is 15.5 Å². The molecule has 0 saturated heterocycles. The average Bonchev–Trinajstić information content (AvgIpc) is 3.43. The molecule has 6 rings (SSSR count). The lowest BCUT2D eigenvalue weighted by molar-refractivity contribution is -0.262. The van der Waals surface area contributed by atoms with Crippen molar-refractivity contribution in [1.82, 2.24) is 9.80 Å². The Bertz CT molecular complexity index is 1510. The van der Waals surface area contributed by atoms with Gasteiger partial charge in [0.05, 0.1) is 5.41 Å². The van der Waals surface area contributed by atoms with Crippen LogP contribution in [0.15, 0.2) is 42.5 Å². The van der Waals surface area contributed by atoms with Crippen molar-refractivity contribution in [3.05, 3.63) is 53.6 Å². The number of hydrogen-bond donors (Lipinski definition) is 1. The predicted molar refractivity (Wildman–Crippen MR) is 198 cm³/mol. The summed E-state index contributed by atoms with van der Waals surface area (Å²) in [4.78, 5) is 30.8. The van der Waals surface area contributed by atoms with E-state index in [2.05, 4.69) is 104 Å². The van der Waals surface area contributed by atoms with Crippen LogP contribution in [0.1, 0.15) is 122 Å². The molecule has 0 bridgehead atoms. The van der Waals surface area contributed by atoms with Crippen molar-refractivity contribution in [2.75, 3.05) is 34.2 Å². The molecule has 0 heterocycles. The second kappa shape index (κ2) is 11.6. The Morgan fingerprint density at radius 2 is 1.46 bits per heavy atom. The first-order valence-corrected chi connectivity index (χ1v) is 19.0. The van der Waals surface area contributed by atoms with Crippen LogP contribution in [0.4, 0.5) is 0 Å². The third-order valence-corrected chi connectivity index (χ3v) is 16.5. The second-order valence-electron chi connectivity index (χ2n) is 19.0. The number of carbonyl (C=O) groups excluding carboxylic acids is 2. The molecule has 264 valence electrons. The van der Waals surface area contributed by atoms with Gasteiger partial charge in [0.1, 0.15) is 0 Å². The fourth-order valence-electron chi connectivity index (χ4n) is 13.9. The number of hydrogen-bond acceptors (Lipinski definition) is 3. The molecule has 5 heteroatoms. The van der Waals surface area contributed by atoms with Crippen molar-refractivity contribution in [2.45, 2.75) is 106 Å². The summed E-state index contributed by atoms with van der Waals surface area (Å²) in [5, 5.41) is 0. The van der Waals surface area contributed by atoms with Gasteiger partial charge in [-0.15, -0.1) is 0 Å². The van der Waals surface area contributed by atoms with E-state index in [1.165, 1.54) is 42.4 Å². The molecular formula is C43H65N3O2. The molecule has 0 unspecified atom stereocenters. The van der Waals surface area contributed by atoms with Crippen LogP contribution in [-0.4, -0.2) is 55.8 Å². The Labute approximate surface area is 292 Å². The van der Waals surface area contributed by atoms with Gasteiger partial charge in [-0.2, -0.15) is 0 Å². The molecule has 1 aromatic carbocycles. The van der Waals surface area contributed by atoms with Gasteiger partial charge in [-0.3, -0.25) is 9.59 Å². The number of allylic oxidation sites excluding steroid dienone is 3. The lowest BCUT2D eigenvalue weighted by Gasteiger charge is -2.75. The lowest BCUT2D eigenvalue weighted by atomic mass is 9.29. The normalized spacial score (nSPS) is 41.4. The molecule has 4 saturated carbocycles. The number of nitrogens with two attached hydrogens (primary N) is 1. The maximum absolute atomic E-state index is 14.7. The summed E-state index contributed by atoms with van der Waals surface area (Å²) >= 11 is 0. The number of primary amides is 1. The zero-order chi connectivity index (χ0) is 35.2. The molecule has 2 N–H and O–H groups in total. The predicted octanol–water partition coefficient (Wildman–Crippen LogP) is 8.85. The van der Waals surface area contributed by atoms with Gasteiger partial charge in [-0.25, -0.2) is 0 Å². The van der Waals surface area contributed by atoms with Crippen molar-refractivity contribution in [3.8, 4) is 0 Å². The van der Waals surface area contributed by atoms with E-state index >= 15 is 0 Å². The maximum atomic E-state index is 14.7. The van der Waals surface area contributed by atoms with Gasteiger partial charge in [0, 0.05) is 25.7 Å². The van der Waals surface area contributed by atoms with Crippen LogP contribution in [0.25, 0.3) is 5.57 Å². The van der Waals surface area contributed by atoms with E-state index in [1.54, 1.807) is 0 Å². The number of carbonyl (C=O) groups is 2. The minimum absolute atomic E-state index is 0.0198. The van der Waals surface area contributed by atoms with Crippen LogP contribution < -0.4 is 5.73 Å². The topological polar surface area (TPSA) is 66.6 Å². The molecule has 1 aromatic rings. The molecule has 48 heavy (non-hydrogen) atoms. The number of nitrogens with zero attached hydrogens (tertiary/aromatic N) is 2. The fraction of sp³-hybridized carbons (Fsp3) is 0.721. The van der Waals surface area contributed by atoms with Crippen molar-refractivity contribution < 1.29 is 9.59 Å². The molecule has 4 fully saturated rings. The van der Waals surface area contributed by atoms with Crippen molar-refractivity contribution >= 4 is 17.4 Å². The Morgan fingerprint density at radius 1 is 0.833 bits per heavy atom. The summed E-state index contributed by atoms with van der Waals surface area (Å²) in [7, 11) is 6.25. The number of benzene rings is 1. The van der Waals surface area contributed by atoms with Crippen LogP contribution >= 0.6 is 0 Å². The first-order valence-electron chi connectivity index (χ1n) is 19.0. The Kier molecular flexibility index (Phi) is 8.54. The summed E-state index contributed by atoms with van der Waals surface area (Å²) in [6, 6.07) is 7.98. The summed E-state index contributed by atoms with van der Waals surface area (Å²) in [5.74, 6) is 2.00. The smallest absolute Gasteiger partial charge is 0.248 e. The van der Waals surface area contributed by atoms with Crippen LogP contribution in [-0.2, 0) is 4.79 Å². The number of amides is 2. The highest BCUT2D eigenvalue weighted by Crippen LogP contribution is 2.81. The summed E-state index contributed by atoms with van der Waals surface area (Å²) in [6.45, 7) is 24.1. The molecule has 0 aliphatic heterocycles. The van der Waals surface area contributed by atoms with Gasteiger partial charge >= 0.3 is 0 Å². The molecule has 0 radical (unpaired) electrons. The summed E-state index contributed by atoms with van der Waals surface area (Å²) in [5.41, 5.74) is 10.4. The molecule has 9 atom stereocenters. The fourth-order valence-corrected chi connectivity index (χ4v) is 13.9. The first kappa shape index (κ1) is 35.4. The van der Waals surface area contributed by atoms with Gasteiger partial charge in [0.2, 0.25) is 11.8 Å². The Morgan fingerprint density at radius 3 is 2.06 bits per heavy atom. The monoisotopic (exact) mass is 656 g/mol. The largest absolute Gasteiger partial charge is 0.366 e. The second-order valence-corrected chi connectivity index (χ2v) is 19.0. The highest BCUT2D eigenvalue weighted by atomic mass is 16.2. The van der Waals surface area contributed by atoms with Crippen LogP contribution in [0.3, 0.4) is 0 Å². The van der Waals surface area contributed by atoms with Crippen LogP contribution in [0.5, 0.6) is 0 Å². The zero-order valence-corrected chi connectivity index (χ0v) is 32.0. The van der Waals surface area contributed by atoms with Gasteiger partial charge in [-0.05, 0) is 153 Å². The van der Waals surface area contributed by atoms with E-state index in [0.717, 1.165) is 45.2 Å². The zero-order valence-electron chi connectivity index (χ0n) is 32.0. The Balaban J connectivity index is 1.37. The van der Waals surface area contributed by atoms with E-state index in [9.17, 15) is 9.59 Å². The maximum Gasteiger partial charge on any atom is 0.248 e. The van der Waals surface area contributed by atoms with Crippen molar-refractivity contribution in [2.24, 2.45) is 61.9 Å². The third-order valence-electron chi connectivity index (χ3n) is 16.5. The average molecular weight is 656 g/mol. The summed E-state index contributed by atoms with van der Waals surface area (Å²) < 4.78 is 0. The molecule has 0 aromatic heterocycles. The van der Waals surface area contributed by atoms with Gasteiger partial charge in [0.15, 0.2) is 0 Å². The van der Waals surface area contributed by atoms with E-state index in [4.69, 9.17) is 5.73 Å². The molecule has 0 spiro atoms. The number of likely N-dealkylation sites (N-methyl/N-ethyl adjacent to an activating group) is 2. The molecule has 5 aliphatic carbocycles. The van der Waals surface area contributed by atoms with Crippen LogP contribution in [0, 0.1) is 56.2 Å². The minimum atomic E-state index is -0.372. The van der Waals surface area contributed by atoms with E-state index < -0.39 is 0 Å². The van der Waals surface area contributed by atoms with E-state index in [1.807, 2.05) is 12.1 Å². The highest BCUT2D eigenvalue weighted by Gasteiger charge is 2.75. The SMILES string of the molecule is C=C(C)[C@@H]1CC[C@]2(C(=O)N(C)CCN(C)C)CC[C@@]3(C)[C@]4(C)CC[C@H]5C(C)(C)C(c6ccc(C(N)=O)cc6)=CC[C@]5(C)[C@H]4CC[C@]3(C)[C@@H]12. The molecule has 5 nitrogen and oxygen atoms in total. The number of fused-ring (bicyclic) bond motifs is 7. The minimum Gasteiger partial charge on any atom is -0.366 e. The first-order chi connectivity index (χ1) is 22.3. The highest BCUT2D eigenvalue weighted by molar-refractivity contribution is 5.93.